The molecule has 0 spiro atoms. The fourth-order valence-electron chi connectivity index (χ4n) is 8.95. The Balaban J connectivity index is 1.09. The molecule has 0 bridgehead atoms. The summed E-state index contributed by atoms with van der Waals surface area (Å²) in [6.07, 6.45) is 0. The van der Waals surface area contributed by atoms with E-state index in [1.807, 2.05) is 12.1 Å². The highest BCUT2D eigenvalue weighted by Crippen LogP contribution is 2.41. The van der Waals surface area contributed by atoms with E-state index in [1.165, 1.54) is 65.6 Å². The topological polar surface area (TPSA) is 23.0 Å². The summed E-state index contributed by atoms with van der Waals surface area (Å²) >= 11 is 0. The van der Waals surface area contributed by atoms with E-state index in [4.69, 9.17) is 4.42 Å². The molecule has 12 rings (SSSR count). The third-order valence-electron chi connectivity index (χ3n) is 11.5. The van der Waals surface area contributed by atoms with Crippen LogP contribution in [0.1, 0.15) is 0 Å². The van der Waals surface area contributed by atoms with E-state index in [0.717, 1.165) is 44.3 Å². The Morgan fingerprint density at radius 3 is 1.71 bits per heavy atom. The van der Waals surface area contributed by atoms with E-state index in [-0.39, 0.29) is 0 Å². The predicted molar refractivity (Wildman–Crippen MR) is 231 cm³/mol. The third-order valence-corrected chi connectivity index (χ3v) is 11.5. The van der Waals surface area contributed by atoms with Gasteiger partial charge in [0.2, 0.25) is 0 Å². The lowest BCUT2D eigenvalue weighted by molar-refractivity contribution is 0.668. The van der Waals surface area contributed by atoms with Crippen LogP contribution in [0.3, 0.4) is 0 Å². The van der Waals surface area contributed by atoms with Crippen molar-refractivity contribution in [3.05, 3.63) is 194 Å². The third kappa shape index (κ3) is 4.50. The van der Waals surface area contributed by atoms with E-state index >= 15 is 0 Å². The number of fused-ring (bicyclic) bond motifs is 11. The Morgan fingerprint density at radius 2 is 0.891 bits per heavy atom. The molecule has 55 heavy (non-hydrogen) atoms. The maximum Gasteiger partial charge on any atom is 0.137 e. The number of rotatable bonds is 4. The standard InChI is InChI=1S/C52H32N2O/c1-3-11-33(12-4-1)37-20-24-41-45-29-35(21-27-47(45)53(49(41)31-37)39-23-26-43-42-17-9-10-18-50(42)55-51(43)32-39)36-22-28-48-46(30-36)44-25-19-34-13-7-8-16-40(34)52(44)54(48)38-14-5-2-6-15-38/h1-32H. The predicted octanol–water partition coefficient (Wildman–Crippen LogP) is 14.3. The number of furan rings is 1. The summed E-state index contributed by atoms with van der Waals surface area (Å²) in [7, 11) is 0. The van der Waals surface area contributed by atoms with Gasteiger partial charge < -0.3 is 13.6 Å². The van der Waals surface area contributed by atoms with E-state index in [0.29, 0.717) is 0 Å². The fourth-order valence-corrected chi connectivity index (χ4v) is 8.95. The number of benzene rings is 9. The molecule has 12 aromatic rings. The molecule has 0 aliphatic rings. The quantitative estimate of drug-likeness (QED) is 0.179. The van der Waals surface area contributed by atoms with E-state index in [2.05, 4.69) is 191 Å². The molecule has 3 heteroatoms. The maximum atomic E-state index is 6.39. The molecular weight excluding hydrogens is 669 g/mol. The average molecular weight is 701 g/mol. The summed E-state index contributed by atoms with van der Waals surface area (Å²) < 4.78 is 11.2. The molecule has 0 N–H and O–H groups in total. The molecule has 0 aliphatic carbocycles. The lowest BCUT2D eigenvalue weighted by Crippen LogP contribution is -1.94. The lowest BCUT2D eigenvalue weighted by atomic mass is 9.99. The monoisotopic (exact) mass is 700 g/mol. The molecule has 3 heterocycles. The van der Waals surface area contributed by atoms with Crippen LogP contribution in [0.5, 0.6) is 0 Å². The summed E-state index contributed by atoms with van der Waals surface area (Å²) in [4.78, 5) is 0. The van der Waals surface area contributed by atoms with Gasteiger partial charge in [0.15, 0.2) is 0 Å². The van der Waals surface area contributed by atoms with Crippen molar-refractivity contribution in [2.45, 2.75) is 0 Å². The molecule has 0 aliphatic heterocycles. The fraction of sp³-hybridized carbons (Fsp3) is 0. The minimum absolute atomic E-state index is 0.889. The summed E-state index contributed by atoms with van der Waals surface area (Å²) in [6, 6.07) is 70.3. The summed E-state index contributed by atoms with van der Waals surface area (Å²) in [5.74, 6) is 0. The molecule has 0 saturated heterocycles. The van der Waals surface area contributed by atoms with Crippen LogP contribution in [-0.2, 0) is 0 Å². The number of hydrogen-bond donors (Lipinski definition) is 0. The summed E-state index contributed by atoms with van der Waals surface area (Å²) in [6.45, 7) is 0. The van der Waals surface area contributed by atoms with Crippen molar-refractivity contribution >= 4 is 76.3 Å². The van der Waals surface area contributed by atoms with Gasteiger partial charge in [0.05, 0.1) is 22.1 Å². The second-order valence-electron chi connectivity index (χ2n) is 14.5. The number of hydrogen-bond acceptors (Lipinski definition) is 1. The van der Waals surface area contributed by atoms with E-state index < -0.39 is 0 Å². The summed E-state index contributed by atoms with van der Waals surface area (Å²) in [5.41, 5.74) is 13.6. The molecule has 0 fully saturated rings. The van der Waals surface area contributed by atoms with Gasteiger partial charge in [0.25, 0.3) is 0 Å². The van der Waals surface area contributed by atoms with Crippen molar-refractivity contribution in [2.75, 3.05) is 0 Å². The molecule has 3 nitrogen and oxygen atoms in total. The van der Waals surface area contributed by atoms with Gasteiger partial charge in [-0.15, -0.1) is 0 Å². The second kappa shape index (κ2) is 11.6. The van der Waals surface area contributed by atoms with Crippen LogP contribution in [0.2, 0.25) is 0 Å². The van der Waals surface area contributed by atoms with Gasteiger partial charge in [0.1, 0.15) is 11.2 Å². The molecule has 0 atom stereocenters. The van der Waals surface area contributed by atoms with Gasteiger partial charge in [-0.05, 0) is 88.3 Å². The first-order valence-corrected chi connectivity index (χ1v) is 18.8. The smallest absolute Gasteiger partial charge is 0.137 e. The largest absolute Gasteiger partial charge is 0.456 e. The highest BCUT2D eigenvalue weighted by Gasteiger charge is 2.19. The Bertz CT molecular complexity index is 3470. The molecule has 0 amide bonds. The SMILES string of the molecule is c1ccc(-c2ccc3c4cc(-c5ccc6c(c5)c5ccc7ccccc7c5n6-c5ccccc5)ccc4n(-c4ccc5c(c4)oc4ccccc45)c3c2)cc1. The maximum absolute atomic E-state index is 6.39. The number of para-hydroxylation sites is 2. The van der Waals surface area contributed by atoms with Crippen LogP contribution < -0.4 is 0 Å². The molecule has 0 saturated carbocycles. The van der Waals surface area contributed by atoms with Crippen LogP contribution in [0.25, 0.3) is 110 Å². The van der Waals surface area contributed by atoms with Crippen LogP contribution in [0, 0.1) is 0 Å². The molecule has 0 radical (unpaired) electrons. The first kappa shape index (κ1) is 30.1. The van der Waals surface area contributed by atoms with Crippen molar-refractivity contribution in [3.63, 3.8) is 0 Å². The Hall–Kier alpha value is -7.36. The van der Waals surface area contributed by atoms with Gasteiger partial charge in [-0.3, -0.25) is 0 Å². The molecule has 0 unspecified atom stereocenters. The molecule has 9 aromatic carbocycles. The van der Waals surface area contributed by atoms with Crippen molar-refractivity contribution in [2.24, 2.45) is 0 Å². The van der Waals surface area contributed by atoms with E-state index in [9.17, 15) is 0 Å². The van der Waals surface area contributed by atoms with Gasteiger partial charge in [-0.25, -0.2) is 0 Å². The Kier molecular flexibility index (Phi) is 6.34. The number of nitrogens with zero attached hydrogens (tertiary/aromatic N) is 2. The van der Waals surface area contributed by atoms with Crippen LogP contribution in [0.15, 0.2) is 199 Å². The first-order valence-electron chi connectivity index (χ1n) is 18.8. The normalized spacial score (nSPS) is 12.0. The van der Waals surface area contributed by atoms with Crippen molar-refractivity contribution in [3.8, 4) is 33.6 Å². The minimum Gasteiger partial charge on any atom is -0.456 e. The van der Waals surface area contributed by atoms with Crippen molar-refractivity contribution in [1.82, 2.24) is 9.13 Å². The minimum atomic E-state index is 0.889. The zero-order valence-electron chi connectivity index (χ0n) is 29.8. The van der Waals surface area contributed by atoms with Crippen LogP contribution in [0.4, 0.5) is 0 Å². The van der Waals surface area contributed by atoms with Gasteiger partial charge in [-0.1, -0.05) is 127 Å². The highest BCUT2D eigenvalue weighted by atomic mass is 16.3. The Labute approximate surface area is 316 Å². The zero-order valence-corrected chi connectivity index (χ0v) is 29.8. The van der Waals surface area contributed by atoms with Crippen LogP contribution in [-0.4, -0.2) is 9.13 Å². The first-order chi connectivity index (χ1) is 27.3. The van der Waals surface area contributed by atoms with Crippen LogP contribution >= 0.6 is 0 Å². The second-order valence-corrected chi connectivity index (χ2v) is 14.5. The van der Waals surface area contributed by atoms with Gasteiger partial charge in [0, 0.05) is 55.1 Å². The highest BCUT2D eigenvalue weighted by molar-refractivity contribution is 6.19. The lowest BCUT2D eigenvalue weighted by Gasteiger charge is -2.10. The molecule has 3 aromatic heterocycles. The Morgan fingerprint density at radius 1 is 0.291 bits per heavy atom. The summed E-state index contributed by atoms with van der Waals surface area (Å²) in [5, 5.41) is 9.70. The average Bonchev–Trinajstić information content (AvgIpc) is 3.91. The number of aromatic nitrogens is 2. The molecule has 256 valence electrons. The van der Waals surface area contributed by atoms with E-state index in [1.54, 1.807) is 0 Å². The van der Waals surface area contributed by atoms with Gasteiger partial charge in [-0.2, -0.15) is 0 Å². The zero-order chi connectivity index (χ0) is 36.0. The van der Waals surface area contributed by atoms with Gasteiger partial charge >= 0.3 is 0 Å². The van der Waals surface area contributed by atoms with Crippen molar-refractivity contribution in [1.29, 1.82) is 0 Å². The molecular formula is C52H32N2O. The van der Waals surface area contributed by atoms with Crippen molar-refractivity contribution < 1.29 is 4.42 Å².